The van der Waals surface area contributed by atoms with Crippen LogP contribution in [0.3, 0.4) is 0 Å². The number of aliphatic hydroxyl groups is 1. The molecule has 0 amide bonds. The lowest BCUT2D eigenvalue weighted by Crippen LogP contribution is -2.16. The summed E-state index contributed by atoms with van der Waals surface area (Å²) in [5.41, 5.74) is 3.62. The van der Waals surface area contributed by atoms with Gasteiger partial charge in [-0.25, -0.2) is 4.98 Å². The maximum atomic E-state index is 12.5. The zero-order valence-electron chi connectivity index (χ0n) is 13.4. The molecule has 6 heteroatoms. The van der Waals surface area contributed by atoms with Crippen molar-refractivity contribution in [2.24, 2.45) is 0 Å². The first-order chi connectivity index (χ1) is 12.1. The molecule has 0 fully saturated rings. The van der Waals surface area contributed by atoms with Crippen LogP contribution in [0.25, 0.3) is 27.5 Å². The van der Waals surface area contributed by atoms with Gasteiger partial charge in [-0.3, -0.25) is 4.79 Å². The summed E-state index contributed by atoms with van der Waals surface area (Å²) < 4.78 is 1.86. The van der Waals surface area contributed by atoms with Gasteiger partial charge in [0.25, 0.3) is 5.56 Å². The molecule has 4 aromatic rings. The summed E-state index contributed by atoms with van der Waals surface area (Å²) in [5.74, 6) is 1.11. The number of benzene rings is 2. The predicted molar refractivity (Wildman–Crippen MR) is 95.5 cm³/mol. The van der Waals surface area contributed by atoms with Crippen LogP contribution >= 0.6 is 0 Å². The molecule has 2 aromatic carbocycles. The highest BCUT2D eigenvalue weighted by atomic mass is 16.3. The molecule has 2 aromatic heterocycles. The van der Waals surface area contributed by atoms with E-state index < -0.39 is 0 Å². The number of H-pyrrole nitrogens is 1. The Morgan fingerprint density at radius 3 is 2.84 bits per heavy atom. The summed E-state index contributed by atoms with van der Waals surface area (Å²) in [4.78, 5) is 24.5. The Balaban J connectivity index is 1.79. The second kappa shape index (κ2) is 4.80. The van der Waals surface area contributed by atoms with E-state index in [0.717, 1.165) is 22.1 Å². The van der Waals surface area contributed by atoms with Crippen LogP contribution in [0.15, 0.2) is 53.0 Å². The van der Waals surface area contributed by atoms with E-state index in [1.165, 1.54) is 0 Å². The van der Waals surface area contributed by atoms with Gasteiger partial charge in [0, 0.05) is 0 Å². The number of imidazole rings is 1. The molecule has 0 radical (unpaired) electrons. The van der Waals surface area contributed by atoms with Crippen LogP contribution in [-0.2, 0) is 6.54 Å². The number of para-hydroxylation sites is 2. The fraction of sp³-hybridized carbons (Fsp3) is 0.105. The Kier molecular flexibility index (Phi) is 2.68. The fourth-order valence-corrected chi connectivity index (χ4v) is 3.41. The molecule has 122 valence electrons. The van der Waals surface area contributed by atoms with Gasteiger partial charge >= 0.3 is 0 Å². The molecular weight excluding hydrogens is 316 g/mol. The van der Waals surface area contributed by atoms with Gasteiger partial charge < -0.3 is 14.7 Å². The number of rotatable bonds is 1. The number of fused-ring (bicyclic) bond motifs is 4. The molecular formula is C19H14N4O2. The van der Waals surface area contributed by atoms with E-state index in [4.69, 9.17) is 0 Å². The van der Waals surface area contributed by atoms with Crippen molar-refractivity contribution >= 4 is 27.5 Å². The van der Waals surface area contributed by atoms with Crippen molar-refractivity contribution < 1.29 is 5.11 Å². The monoisotopic (exact) mass is 330 g/mol. The summed E-state index contributed by atoms with van der Waals surface area (Å²) in [6.07, 6.45) is 0. The van der Waals surface area contributed by atoms with Gasteiger partial charge in [0.05, 0.1) is 34.1 Å². The second-order valence-electron chi connectivity index (χ2n) is 6.27. The molecule has 0 unspecified atom stereocenters. The Morgan fingerprint density at radius 1 is 1.16 bits per heavy atom. The SMILES string of the molecule is Cc1ccc2c(c1)c(=O)nc1n2CC(O)=C1c1nc2ccccc2[nH]1. The quantitative estimate of drug-likeness (QED) is 0.562. The molecule has 1 aliphatic rings. The van der Waals surface area contributed by atoms with Crippen molar-refractivity contribution in [2.45, 2.75) is 13.5 Å². The van der Waals surface area contributed by atoms with E-state index in [1.54, 1.807) is 0 Å². The predicted octanol–water partition coefficient (Wildman–Crippen LogP) is 2.91. The molecule has 0 saturated heterocycles. The minimum absolute atomic E-state index is 0.152. The normalized spacial score (nSPS) is 13.8. The molecule has 6 nitrogen and oxygen atoms in total. The second-order valence-corrected chi connectivity index (χ2v) is 6.27. The van der Waals surface area contributed by atoms with Gasteiger partial charge in [0.1, 0.15) is 11.6 Å². The molecule has 0 aliphatic carbocycles. The van der Waals surface area contributed by atoms with E-state index >= 15 is 0 Å². The lowest BCUT2D eigenvalue weighted by atomic mass is 10.1. The number of aryl methyl sites for hydroxylation is 1. The summed E-state index contributed by atoms with van der Waals surface area (Å²) in [5, 5.41) is 11.1. The number of hydrogen-bond acceptors (Lipinski definition) is 4. The lowest BCUT2D eigenvalue weighted by molar-refractivity contribution is 0.389. The molecule has 3 heterocycles. The third-order valence-corrected chi connectivity index (χ3v) is 4.58. The van der Waals surface area contributed by atoms with Crippen LogP contribution in [0.1, 0.15) is 17.2 Å². The number of hydrogen-bond donors (Lipinski definition) is 2. The van der Waals surface area contributed by atoms with Crippen LogP contribution in [0.5, 0.6) is 0 Å². The molecule has 25 heavy (non-hydrogen) atoms. The standard InChI is InChI=1S/C19H14N4O2/c1-10-6-7-14-11(8-10)19(25)22-18-16(15(24)9-23(14)18)17-20-12-4-2-3-5-13(12)21-17/h2-8,24H,9H2,1H3,(H,20,21). The minimum Gasteiger partial charge on any atom is -0.509 e. The number of nitrogens with one attached hydrogen (secondary N) is 1. The zero-order chi connectivity index (χ0) is 17.1. The van der Waals surface area contributed by atoms with Crippen molar-refractivity contribution in [1.82, 2.24) is 19.5 Å². The third kappa shape index (κ3) is 1.94. The van der Waals surface area contributed by atoms with Gasteiger partial charge in [-0.15, -0.1) is 0 Å². The first-order valence-electron chi connectivity index (χ1n) is 8.00. The maximum absolute atomic E-state index is 12.5. The largest absolute Gasteiger partial charge is 0.509 e. The van der Waals surface area contributed by atoms with Crippen LogP contribution < -0.4 is 5.56 Å². The lowest BCUT2D eigenvalue weighted by Gasteiger charge is -2.09. The van der Waals surface area contributed by atoms with Gasteiger partial charge in [-0.2, -0.15) is 4.98 Å². The van der Waals surface area contributed by atoms with Crippen molar-refractivity contribution in [3.63, 3.8) is 0 Å². The molecule has 5 rings (SSSR count). The van der Waals surface area contributed by atoms with Gasteiger partial charge in [0.15, 0.2) is 5.82 Å². The Labute approximate surface area is 142 Å². The Morgan fingerprint density at radius 2 is 2.00 bits per heavy atom. The average molecular weight is 330 g/mol. The smallest absolute Gasteiger partial charge is 0.281 e. The highest BCUT2D eigenvalue weighted by Crippen LogP contribution is 2.32. The Hall–Kier alpha value is -3.41. The number of aromatic nitrogens is 4. The maximum Gasteiger partial charge on any atom is 0.281 e. The van der Waals surface area contributed by atoms with E-state index in [0.29, 0.717) is 22.6 Å². The topological polar surface area (TPSA) is 83.8 Å². The first kappa shape index (κ1) is 14.0. The van der Waals surface area contributed by atoms with Crippen LogP contribution in [-0.4, -0.2) is 24.6 Å². The zero-order valence-corrected chi connectivity index (χ0v) is 13.4. The van der Waals surface area contributed by atoms with Gasteiger partial charge in [0.2, 0.25) is 0 Å². The molecule has 0 spiro atoms. The van der Waals surface area contributed by atoms with E-state index in [1.807, 2.05) is 54.0 Å². The van der Waals surface area contributed by atoms with Crippen molar-refractivity contribution in [1.29, 1.82) is 0 Å². The molecule has 1 aliphatic heterocycles. The number of allylic oxidation sites excluding steroid dienone is 1. The van der Waals surface area contributed by atoms with E-state index in [-0.39, 0.29) is 17.9 Å². The average Bonchev–Trinajstić information content (AvgIpc) is 3.15. The molecule has 0 bridgehead atoms. The number of nitrogens with zero attached hydrogens (tertiary/aromatic N) is 3. The summed E-state index contributed by atoms with van der Waals surface area (Å²) in [6, 6.07) is 13.3. The van der Waals surface area contributed by atoms with E-state index in [9.17, 15) is 9.90 Å². The summed E-state index contributed by atoms with van der Waals surface area (Å²) in [6.45, 7) is 2.21. The molecule has 0 saturated carbocycles. The van der Waals surface area contributed by atoms with Gasteiger partial charge in [-0.05, 0) is 31.2 Å². The Bertz CT molecular complexity index is 1230. The van der Waals surface area contributed by atoms with Crippen LogP contribution in [0.2, 0.25) is 0 Å². The van der Waals surface area contributed by atoms with Crippen LogP contribution in [0.4, 0.5) is 0 Å². The van der Waals surface area contributed by atoms with Crippen molar-refractivity contribution in [2.75, 3.05) is 0 Å². The number of aliphatic hydroxyl groups excluding tert-OH is 1. The summed E-state index contributed by atoms with van der Waals surface area (Å²) >= 11 is 0. The summed E-state index contributed by atoms with van der Waals surface area (Å²) in [7, 11) is 0. The van der Waals surface area contributed by atoms with Gasteiger partial charge in [-0.1, -0.05) is 23.8 Å². The van der Waals surface area contributed by atoms with E-state index in [2.05, 4.69) is 15.0 Å². The molecule has 2 N–H and O–H groups in total. The van der Waals surface area contributed by atoms with Crippen molar-refractivity contribution in [3.05, 3.63) is 75.8 Å². The third-order valence-electron chi connectivity index (χ3n) is 4.58. The highest BCUT2D eigenvalue weighted by molar-refractivity contribution is 5.87. The fourth-order valence-electron chi connectivity index (χ4n) is 3.41. The first-order valence-corrected chi connectivity index (χ1v) is 8.00. The van der Waals surface area contributed by atoms with Crippen LogP contribution in [0, 0.1) is 6.92 Å². The molecule has 0 atom stereocenters. The van der Waals surface area contributed by atoms with Crippen molar-refractivity contribution in [3.8, 4) is 0 Å². The highest BCUT2D eigenvalue weighted by Gasteiger charge is 2.28. The number of aromatic amines is 1. The minimum atomic E-state index is -0.298.